The van der Waals surface area contributed by atoms with Crippen molar-refractivity contribution in [2.75, 3.05) is 7.11 Å². The Labute approximate surface area is 148 Å². The van der Waals surface area contributed by atoms with E-state index < -0.39 is 10.0 Å². The fourth-order valence-corrected chi connectivity index (χ4v) is 4.46. The van der Waals surface area contributed by atoms with E-state index in [9.17, 15) is 8.42 Å². The third-order valence-electron chi connectivity index (χ3n) is 4.23. The maximum absolute atomic E-state index is 12.9. The van der Waals surface area contributed by atoms with Crippen molar-refractivity contribution in [2.45, 2.75) is 24.8 Å². The summed E-state index contributed by atoms with van der Waals surface area (Å²) in [5.41, 5.74) is 1.80. The van der Waals surface area contributed by atoms with Crippen LogP contribution < -0.4 is 9.46 Å². The fraction of sp³-hybridized carbons (Fsp3) is 0.200. The van der Waals surface area contributed by atoms with E-state index in [1.165, 1.54) is 7.11 Å². The van der Waals surface area contributed by atoms with Crippen molar-refractivity contribution in [3.63, 3.8) is 0 Å². The highest BCUT2D eigenvalue weighted by Crippen LogP contribution is 2.28. The maximum atomic E-state index is 12.9. The van der Waals surface area contributed by atoms with E-state index in [0.717, 1.165) is 21.9 Å². The Kier molecular flexibility index (Phi) is 4.79. The van der Waals surface area contributed by atoms with E-state index in [0.29, 0.717) is 5.75 Å². The number of nitrogens with one attached hydrogen (secondary N) is 1. The molecule has 0 saturated carbocycles. The Bertz CT molecular complexity index is 1010. The molecule has 0 amide bonds. The van der Waals surface area contributed by atoms with Crippen LogP contribution >= 0.6 is 0 Å². The third kappa shape index (κ3) is 3.52. The van der Waals surface area contributed by atoms with Crippen LogP contribution in [0.2, 0.25) is 0 Å². The molecule has 0 unspecified atom stereocenters. The molecule has 0 fully saturated rings. The van der Waals surface area contributed by atoms with Crippen LogP contribution in [0.15, 0.2) is 65.6 Å². The van der Waals surface area contributed by atoms with Crippen molar-refractivity contribution in [3.05, 3.63) is 71.8 Å². The Morgan fingerprint density at radius 2 is 1.72 bits per heavy atom. The first-order chi connectivity index (χ1) is 11.9. The molecule has 0 aliphatic heterocycles. The smallest absolute Gasteiger partial charge is 0.244 e. The zero-order chi connectivity index (χ0) is 18.0. The quantitative estimate of drug-likeness (QED) is 0.746. The van der Waals surface area contributed by atoms with Crippen LogP contribution in [-0.4, -0.2) is 15.5 Å². The molecule has 4 nitrogen and oxygen atoms in total. The molecule has 0 radical (unpaired) electrons. The van der Waals surface area contributed by atoms with Crippen molar-refractivity contribution in [3.8, 4) is 5.75 Å². The van der Waals surface area contributed by atoms with Crippen LogP contribution in [0.1, 0.15) is 24.1 Å². The van der Waals surface area contributed by atoms with Crippen LogP contribution in [0, 0.1) is 6.92 Å². The van der Waals surface area contributed by atoms with Crippen LogP contribution in [-0.2, 0) is 10.0 Å². The van der Waals surface area contributed by atoms with Crippen LogP contribution in [0.5, 0.6) is 5.75 Å². The lowest BCUT2D eigenvalue weighted by atomic mass is 10.0. The first-order valence-electron chi connectivity index (χ1n) is 8.07. The van der Waals surface area contributed by atoms with E-state index in [4.69, 9.17) is 4.74 Å². The van der Waals surface area contributed by atoms with Gasteiger partial charge in [-0.2, -0.15) is 0 Å². The number of hydrogen-bond acceptors (Lipinski definition) is 3. The van der Waals surface area contributed by atoms with Crippen molar-refractivity contribution in [2.24, 2.45) is 0 Å². The van der Waals surface area contributed by atoms with Crippen molar-refractivity contribution < 1.29 is 13.2 Å². The van der Waals surface area contributed by atoms with E-state index in [1.807, 2.05) is 62.4 Å². The second kappa shape index (κ2) is 6.86. The third-order valence-corrected chi connectivity index (χ3v) is 5.79. The molecule has 0 heterocycles. The Balaban J connectivity index is 1.99. The zero-order valence-electron chi connectivity index (χ0n) is 14.5. The molecule has 25 heavy (non-hydrogen) atoms. The normalized spacial score (nSPS) is 12.9. The topological polar surface area (TPSA) is 55.4 Å². The Hall–Kier alpha value is -2.37. The largest absolute Gasteiger partial charge is 0.495 e. The van der Waals surface area contributed by atoms with Gasteiger partial charge >= 0.3 is 0 Å². The van der Waals surface area contributed by atoms with Gasteiger partial charge in [0, 0.05) is 6.04 Å². The summed E-state index contributed by atoms with van der Waals surface area (Å²) in [6.45, 7) is 3.70. The first-order valence-corrected chi connectivity index (χ1v) is 9.55. The fourth-order valence-electron chi connectivity index (χ4n) is 2.98. The average molecular weight is 355 g/mol. The summed E-state index contributed by atoms with van der Waals surface area (Å²) >= 11 is 0. The first kappa shape index (κ1) is 17.5. The summed E-state index contributed by atoms with van der Waals surface area (Å²) in [4.78, 5) is 0.155. The molecule has 3 aromatic rings. The van der Waals surface area contributed by atoms with Gasteiger partial charge in [0.2, 0.25) is 10.0 Å². The lowest BCUT2D eigenvalue weighted by Crippen LogP contribution is -2.27. The molecule has 130 valence electrons. The Morgan fingerprint density at radius 3 is 2.48 bits per heavy atom. The minimum atomic E-state index is -3.72. The van der Waals surface area contributed by atoms with Crippen molar-refractivity contribution in [1.29, 1.82) is 0 Å². The van der Waals surface area contributed by atoms with Gasteiger partial charge in [0.1, 0.15) is 10.6 Å². The number of rotatable bonds is 5. The second-order valence-electron chi connectivity index (χ2n) is 6.07. The molecular formula is C20H21NO3S. The lowest BCUT2D eigenvalue weighted by molar-refractivity contribution is 0.402. The average Bonchev–Trinajstić information content (AvgIpc) is 2.60. The monoisotopic (exact) mass is 355 g/mol. The van der Waals surface area contributed by atoms with Gasteiger partial charge in [0.15, 0.2) is 0 Å². The number of sulfonamides is 1. The summed E-state index contributed by atoms with van der Waals surface area (Å²) in [7, 11) is -2.25. The van der Waals surface area contributed by atoms with Crippen LogP contribution in [0.3, 0.4) is 0 Å². The standard InChI is InChI=1S/C20H21NO3S/c1-14-11-12-19(24-3)20(13-14)25(22,23)21-15(2)17-10-6-8-16-7-4-5-9-18(16)17/h4-13,15,21H,1-3H3/t15-/m0/s1. The minimum Gasteiger partial charge on any atom is -0.495 e. The molecule has 5 heteroatoms. The number of hydrogen-bond donors (Lipinski definition) is 1. The van der Waals surface area contributed by atoms with Gasteiger partial charge in [-0.3, -0.25) is 0 Å². The Morgan fingerprint density at radius 1 is 1.00 bits per heavy atom. The highest BCUT2D eigenvalue weighted by atomic mass is 32.2. The van der Waals surface area contributed by atoms with Gasteiger partial charge in [-0.1, -0.05) is 48.5 Å². The van der Waals surface area contributed by atoms with Crippen molar-refractivity contribution in [1.82, 2.24) is 4.72 Å². The number of ether oxygens (including phenoxy) is 1. The number of fused-ring (bicyclic) bond motifs is 1. The minimum absolute atomic E-state index is 0.155. The van der Waals surface area contributed by atoms with Crippen molar-refractivity contribution >= 4 is 20.8 Å². The van der Waals surface area contributed by atoms with E-state index in [1.54, 1.807) is 12.1 Å². The molecule has 3 rings (SSSR count). The molecule has 3 aromatic carbocycles. The van der Waals surface area contributed by atoms with Gasteiger partial charge in [-0.05, 0) is 47.9 Å². The predicted molar refractivity (Wildman–Crippen MR) is 100 cm³/mol. The summed E-state index contributed by atoms with van der Waals surface area (Å²) in [6, 6.07) is 18.6. The van der Waals surface area contributed by atoms with Gasteiger partial charge < -0.3 is 4.74 Å². The number of benzene rings is 3. The van der Waals surface area contributed by atoms with E-state index in [2.05, 4.69) is 4.72 Å². The molecule has 0 aromatic heterocycles. The molecule has 0 bridgehead atoms. The van der Waals surface area contributed by atoms with E-state index >= 15 is 0 Å². The summed E-state index contributed by atoms with van der Waals surface area (Å²) in [6.07, 6.45) is 0. The molecular weight excluding hydrogens is 334 g/mol. The molecule has 0 saturated heterocycles. The number of aryl methyl sites for hydroxylation is 1. The van der Waals surface area contributed by atoms with Gasteiger partial charge in [-0.25, -0.2) is 13.1 Å². The highest BCUT2D eigenvalue weighted by molar-refractivity contribution is 7.89. The van der Waals surface area contributed by atoms with Gasteiger partial charge in [0.25, 0.3) is 0 Å². The summed E-state index contributed by atoms with van der Waals surface area (Å²) < 4.78 is 33.8. The summed E-state index contributed by atoms with van der Waals surface area (Å²) in [5.74, 6) is 0.336. The molecule has 0 spiro atoms. The van der Waals surface area contributed by atoms with Crippen LogP contribution in [0.4, 0.5) is 0 Å². The number of methoxy groups -OCH3 is 1. The molecule has 0 aliphatic rings. The van der Waals surface area contributed by atoms with E-state index in [-0.39, 0.29) is 10.9 Å². The SMILES string of the molecule is COc1ccc(C)cc1S(=O)(=O)N[C@@H](C)c1cccc2ccccc12. The van der Waals surface area contributed by atoms with Gasteiger partial charge in [-0.15, -0.1) is 0 Å². The van der Waals surface area contributed by atoms with Gasteiger partial charge in [0.05, 0.1) is 7.11 Å². The molecule has 1 N–H and O–H groups in total. The summed E-state index contributed by atoms with van der Waals surface area (Å²) in [5, 5.41) is 2.12. The maximum Gasteiger partial charge on any atom is 0.244 e. The highest BCUT2D eigenvalue weighted by Gasteiger charge is 2.23. The molecule has 1 atom stereocenters. The lowest BCUT2D eigenvalue weighted by Gasteiger charge is -2.18. The second-order valence-corrected chi connectivity index (χ2v) is 7.75. The molecule has 0 aliphatic carbocycles. The van der Waals surface area contributed by atoms with Crippen LogP contribution in [0.25, 0.3) is 10.8 Å². The zero-order valence-corrected chi connectivity index (χ0v) is 15.3. The predicted octanol–water partition coefficient (Wildman–Crippen LogP) is 4.20.